The SMILES string of the molecule is CN1CCC(N)C1c1ccc2c(c1)OCCO2. The molecule has 4 nitrogen and oxygen atoms in total. The number of nitrogens with zero attached hydrogens (tertiary/aromatic N) is 1. The molecule has 2 aliphatic rings. The van der Waals surface area contributed by atoms with Crippen LogP contribution in [0.25, 0.3) is 0 Å². The lowest BCUT2D eigenvalue weighted by Crippen LogP contribution is -2.29. The lowest BCUT2D eigenvalue weighted by atomic mass is 10.0. The number of likely N-dealkylation sites (N-methyl/N-ethyl adjacent to an activating group) is 1. The third-order valence-electron chi connectivity index (χ3n) is 3.60. The first-order valence-electron chi connectivity index (χ1n) is 6.11. The van der Waals surface area contributed by atoms with E-state index >= 15 is 0 Å². The molecule has 2 N–H and O–H groups in total. The van der Waals surface area contributed by atoms with E-state index in [1.54, 1.807) is 0 Å². The Kier molecular flexibility index (Phi) is 2.68. The molecule has 1 aromatic carbocycles. The van der Waals surface area contributed by atoms with Crippen LogP contribution in [0.3, 0.4) is 0 Å². The zero-order valence-electron chi connectivity index (χ0n) is 10.1. The fourth-order valence-corrected chi connectivity index (χ4v) is 2.72. The molecule has 1 saturated heterocycles. The standard InChI is InChI=1S/C13H18N2O2/c1-15-5-4-10(14)13(15)9-2-3-11-12(8-9)17-7-6-16-11/h2-3,8,10,13H,4-7,14H2,1H3. The Bertz CT molecular complexity index is 412. The summed E-state index contributed by atoms with van der Waals surface area (Å²) in [6.45, 7) is 2.32. The predicted octanol–water partition coefficient (Wildman–Crippen LogP) is 1.16. The molecule has 2 aliphatic heterocycles. The van der Waals surface area contributed by atoms with Gasteiger partial charge in [0.15, 0.2) is 11.5 Å². The average molecular weight is 234 g/mol. The van der Waals surface area contributed by atoms with E-state index in [0.29, 0.717) is 19.3 Å². The minimum absolute atomic E-state index is 0.211. The van der Waals surface area contributed by atoms with Crippen LogP contribution in [0.1, 0.15) is 18.0 Å². The highest BCUT2D eigenvalue weighted by Crippen LogP contribution is 2.36. The van der Waals surface area contributed by atoms with E-state index in [1.165, 1.54) is 5.56 Å². The van der Waals surface area contributed by atoms with Crippen LogP contribution >= 0.6 is 0 Å². The molecule has 1 fully saturated rings. The quantitative estimate of drug-likeness (QED) is 0.792. The minimum atomic E-state index is 0.211. The van der Waals surface area contributed by atoms with Gasteiger partial charge in [0.25, 0.3) is 0 Å². The van der Waals surface area contributed by atoms with Crippen molar-refractivity contribution in [3.05, 3.63) is 23.8 Å². The van der Waals surface area contributed by atoms with Crippen LogP contribution in [0, 0.1) is 0 Å². The monoisotopic (exact) mass is 234 g/mol. The highest BCUT2D eigenvalue weighted by atomic mass is 16.6. The summed E-state index contributed by atoms with van der Waals surface area (Å²) in [7, 11) is 2.12. The van der Waals surface area contributed by atoms with Crippen molar-refractivity contribution in [1.29, 1.82) is 0 Å². The first kappa shape index (κ1) is 10.9. The zero-order chi connectivity index (χ0) is 11.8. The molecule has 0 amide bonds. The Balaban J connectivity index is 1.93. The third kappa shape index (κ3) is 1.87. The van der Waals surface area contributed by atoms with Crippen LogP contribution < -0.4 is 15.2 Å². The van der Waals surface area contributed by atoms with Crippen LogP contribution in [0.4, 0.5) is 0 Å². The van der Waals surface area contributed by atoms with Gasteiger partial charge < -0.3 is 15.2 Å². The maximum atomic E-state index is 6.16. The largest absolute Gasteiger partial charge is 0.486 e. The van der Waals surface area contributed by atoms with Gasteiger partial charge in [-0.1, -0.05) is 6.07 Å². The highest BCUT2D eigenvalue weighted by molar-refractivity contribution is 5.45. The molecular weight excluding hydrogens is 216 g/mol. The van der Waals surface area contributed by atoms with Crippen molar-refractivity contribution >= 4 is 0 Å². The molecular formula is C13H18N2O2. The molecule has 2 heterocycles. The topological polar surface area (TPSA) is 47.7 Å². The van der Waals surface area contributed by atoms with Gasteiger partial charge in [0.1, 0.15) is 13.2 Å². The predicted molar refractivity (Wildman–Crippen MR) is 65.4 cm³/mol. The van der Waals surface area contributed by atoms with E-state index in [2.05, 4.69) is 24.1 Å². The Morgan fingerprint density at radius 2 is 2.00 bits per heavy atom. The van der Waals surface area contributed by atoms with Crippen LogP contribution in [-0.2, 0) is 0 Å². The molecule has 2 atom stereocenters. The van der Waals surface area contributed by atoms with Crippen molar-refractivity contribution in [2.45, 2.75) is 18.5 Å². The van der Waals surface area contributed by atoms with Gasteiger partial charge in [0, 0.05) is 18.6 Å². The smallest absolute Gasteiger partial charge is 0.161 e. The molecule has 92 valence electrons. The van der Waals surface area contributed by atoms with E-state index in [4.69, 9.17) is 15.2 Å². The van der Waals surface area contributed by atoms with E-state index in [9.17, 15) is 0 Å². The first-order valence-corrected chi connectivity index (χ1v) is 6.11. The highest BCUT2D eigenvalue weighted by Gasteiger charge is 2.31. The number of benzene rings is 1. The Morgan fingerprint density at radius 3 is 2.71 bits per heavy atom. The molecule has 1 aromatic rings. The van der Waals surface area contributed by atoms with E-state index in [0.717, 1.165) is 24.5 Å². The summed E-state index contributed by atoms with van der Waals surface area (Å²) in [4.78, 5) is 2.30. The van der Waals surface area contributed by atoms with Crippen molar-refractivity contribution in [3.63, 3.8) is 0 Å². The minimum Gasteiger partial charge on any atom is -0.486 e. The van der Waals surface area contributed by atoms with Crippen LogP contribution in [-0.4, -0.2) is 37.7 Å². The fraction of sp³-hybridized carbons (Fsp3) is 0.538. The van der Waals surface area contributed by atoms with Gasteiger partial charge in [-0.2, -0.15) is 0 Å². The first-order chi connectivity index (χ1) is 8.25. The van der Waals surface area contributed by atoms with Crippen molar-refractivity contribution in [1.82, 2.24) is 4.90 Å². The number of ether oxygens (including phenoxy) is 2. The Labute approximate surface area is 101 Å². The normalized spacial score (nSPS) is 28.4. The number of rotatable bonds is 1. The molecule has 0 aliphatic carbocycles. The summed E-state index contributed by atoms with van der Waals surface area (Å²) in [5.74, 6) is 1.69. The van der Waals surface area contributed by atoms with Crippen LogP contribution in [0.5, 0.6) is 11.5 Å². The molecule has 2 unspecified atom stereocenters. The van der Waals surface area contributed by atoms with E-state index in [1.807, 2.05) is 6.07 Å². The van der Waals surface area contributed by atoms with Crippen molar-refractivity contribution in [3.8, 4) is 11.5 Å². The summed E-state index contributed by atoms with van der Waals surface area (Å²) in [5.41, 5.74) is 7.39. The maximum Gasteiger partial charge on any atom is 0.161 e. The second kappa shape index (κ2) is 4.20. The van der Waals surface area contributed by atoms with E-state index < -0.39 is 0 Å². The summed E-state index contributed by atoms with van der Waals surface area (Å²) in [6.07, 6.45) is 1.05. The third-order valence-corrected chi connectivity index (χ3v) is 3.60. The number of fused-ring (bicyclic) bond motifs is 1. The van der Waals surface area contributed by atoms with Crippen LogP contribution in [0.15, 0.2) is 18.2 Å². The number of hydrogen-bond donors (Lipinski definition) is 1. The lowest BCUT2D eigenvalue weighted by molar-refractivity contribution is 0.171. The van der Waals surface area contributed by atoms with Gasteiger partial charge in [0.05, 0.1) is 0 Å². The number of hydrogen-bond acceptors (Lipinski definition) is 4. The summed E-state index contributed by atoms with van der Waals surface area (Å²) >= 11 is 0. The van der Waals surface area contributed by atoms with Crippen molar-refractivity contribution in [2.75, 3.05) is 26.8 Å². The van der Waals surface area contributed by atoms with Gasteiger partial charge in [-0.25, -0.2) is 0 Å². The second-order valence-corrected chi connectivity index (χ2v) is 4.78. The molecule has 0 spiro atoms. The molecule has 0 saturated carbocycles. The maximum absolute atomic E-state index is 6.16. The Morgan fingerprint density at radius 1 is 1.24 bits per heavy atom. The molecule has 3 rings (SSSR count). The second-order valence-electron chi connectivity index (χ2n) is 4.78. The molecule has 0 aromatic heterocycles. The van der Waals surface area contributed by atoms with Gasteiger partial charge in [-0.15, -0.1) is 0 Å². The molecule has 0 radical (unpaired) electrons. The number of nitrogens with two attached hydrogens (primary N) is 1. The summed E-state index contributed by atoms with van der Waals surface area (Å²) < 4.78 is 11.1. The summed E-state index contributed by atoms with van der Waals surface area (Å²) in [6, 6.07) is 6.66. The van der Waals surface area contributed by atoms with E-state index in [-0.39, 0.29) is 6.04 Å². The van der Waals surface area contributed by atoms with Gasteiger partial charge in [0.2, 0.25) is 0 Å². The van der Waals surface area contributed by atoms with Crippen LogP contribution in [0.2, 0.25) is 0 Å². The molecule has 0 bridgehead atoms. The summed E-state index contributed by atoms with van der Waals surface area (Å²) in [5, 5.41) is 0. The van der Waals surface area contributed by atoms with Crippen molar-refractivity contribution in [2.24, 2.45) is 5.73 Å². The molecule has 4 heteroatoms. The van der Waals surface area contributed by atoms with Crippen molar-refractivity contribution < 1.29 is 9.47 Å². The zero-order valence-corrected chi connectivity index (χ0v) is 10.1. The van der Waals surface area contributed by atoms with Gasteiger partial charge in [-0.3, -0.25) is 4.90 Å². The molecule has 17 heavy (non-hydrogen) atoms. The Hall–Kier alpha value is -1.26. The van der Waals surface area contributed by atoms with Gasteiger partial charge in [-0.05, 0) is 31.2 Å². The lowest BCUT2D eigenvalue weighted by Gasteiger charge is -2.25. The fourth-order valence-electron chi connectivity index (χ4n) is 2.72. The number of likely N-dealkylation sites (tertiary alicyclic amines) is 1. The average Bonchev–Trinajstić information content (AvgIpc) is 2.68. The van der Waals surface area contributed by atoms with Gasteiger partial charge >= 0.3 is 0 Å².